The third-order valence-electron chi connectivity index (χ3n) is 5.63. The van der Waals surface area contributed by atoms with Crippen LogP contribution in [0.1, 0.15) is 31.7 Å². The minimum absolute atomic E-state index is 0.0107. The summed E-state index contributed by atoms with van der Waals surface area (Å²) in [6.07, 6.45) is 2.79. The van der Waals surface area contributed by atoms with Crippen molar-refractivity contribution in [3.63, 3.8) is 0 Å². The normalized spacial score (nSPS) is 13.9. The zero-order valence-electron chi connectivity index (χ0n) is 19.6. The number of anilines is 1. The van der Waals surface area contributed by atoms with E-state index in [1.54, 1.807) is 17.0 Å². The number of carbonyl (C=O) groups is 2. The van der Waals surface area contributed by atoms with E-state index in [-0.39, 0.29) is 34.9 Å². The van der Waals surface area contributed by atoms with Crippen molar-refractivity contribution < 1.29 is 22.2 Å². The molecule has 8 nitrogen and oxygen atoms in total. The highest BCUT2D eigenvalue weighted by atomic mass is 35.5. The van der Waals surface area contributed by atoms with Crippen LogP contribution in [0.3, 0.4) is 0 Å². The molecule has 184 valence electrons. The second-order valence-corrected chi connectivity index (χ2v) is 10.7. The van der Waals surface area contributed by atoms with Gasteiger partial charge in [-0.05, 0) is 69.4 Å². The van der Waals surface area contributed by atoms with Crippen LogP contribution in [0.5, 0.6) is 5.75 Å². The number of hydrogen-bond donors (Lipinski definition) is 1. The summed E-state index contributed by atoms with van der Waals surface area (Å²) in [4.78, 5) is 27.9. The number of halogens is 1. The molecule has 3 rings (SSSR count). The van der Waals surface area contributed by atoms with Crippen molar-refractivity contribution in [3.05, 3.63) is 53.1 Å². The molecular formula is C24H30ClN3O5S. The third kappa shape index (κ3) is 6.94. The zero-order valence-corrected chi connectivity index (χ0v) is 21.2. The Morgan fingerprint density at radius 2 is 1.76 bits per heavy atom. The molecule has 34 heavy (non-hydrogen) atoms. The van der Waals surface area contributed by atoms with Gasteiger partial charge in [-0.3, -0.25) is 9.59 Å². The fraction of sp³-hybridized carbons (Fsp3) is 0.417. The molecule has 0 heterocycles. The van der Waals surface area contributed by atoms with Gasteiger partial charge in [0.1, 0.15) is 10.6 Å². The predicted molar refractivity (Wildman–Crippen MR) is 131 cm³/mol. The van der Waals surface area contributed by atoms with Crippen molar-refractivity contribution in [1.82, 2.24) is 9.80 Å². The molecule has 0 atom stereocenters. The van der Waals surface area contributed by atoms with Gasteiger partial charge in [0.2, 0.25) is 11.8 Å². The maximum absolute atomic E-state index is 13.0. The smallest absolute Gasteiger partial charge is 0.339 e. The van der Waals surface area contributed by atoms with Gasteiger partial charge in [0.25, 0.3) is 0 Å². The number of likely N-dealkylation sites (N-methyl/N-ethyl adjacent to an activating group) is 1. The van der Waals surface area contributed by atoms with Crippen LogP contribution in [0.15, 0.2) is 47.4 Å². The van der Waals surface area contributed by atoms with Crippen LogP contribution >= 0.6 is 11.6 Å². The van der Waals surface area contributed by atoms with Gasteiger partial charge in [0, 0.05) is 48.7 Å². The van der Waals surface area contributed by atoms with Gasteiger partial charge in [-0.15, -0.1) is 0 Å². The van der Waals surface area contributed by atoms with Gasteiger partial charge in [0.05, 0.1) is 0 Å². The number of rotatable bonds is 10. The number of nitrogens with one attached hydrogen (secondary N) is 1. The van der Waals surface area contributed by atoms with Crippen molar-refractivity contribution in [2.75, 3.05) is 32.5 Å². The lowest BCUT2D eigenvalue weighted by atomic mass is 9.84. The van der Waals surface area contributed by atoms with E-state index in [1.807, 2.05) is 19.0 Å². The Morgan fingerprint density at radius 3 is 2.32 bits per heavy atom. The van der Waals surface area contributed by atoms with Crippen molar-refractivity contribution in [2.45, 2.75) is 37.6 Å². The molecule has 0 saturated heterocycles. The van der Waals surface area contributed by atoms with Gasteiger partial charge >= 0.3 is 10.1 Å². The number of carbonyl (C=O) groups excluding carboxylic acids is 2. The topological polar surface area (TPSA) is 96.0 Å². The molecule has 1 saturated carbocycles. The van der Waals surface area contributed by atoms with E-state index in [4.69, 9.17) is 15.8 Å². The first-order valence-electron chi connectivity index (χ1n) is 11.1. The molecular weight excluding hydrogens is 478 g/mol. The summed E-state index contributed by atoms with van der Waals surface area (Å²) < 4.78 is 31.4. The Balaban J connectivity index is 1.83. The van der Waals surface area contributed by atoms with E-state index in [0.717, 1.165) is 19.3 Å². The molecule has 0 aliphatic heterocycles. The molecule has 10 heteroatoms. The number of amides is 2. The first kappa shape index (κ1) is 26.0. The van der Waals surface area contributed by atoms with E-state index in [0.29, 0.717) is 29.4 Å². The molecule has 0 aromatic heterocycles. The van der Waals surface area contributed by atoms with Gasteiger partial charge in [-0.1, -0.05) is 18.0 Å². The van der Waals surface area contributed by atoms with Crippen LogP contribution < -0.4 is 9.50 Å². The first-order valence-corrected chi connectivity index (χ1v) is 12.9. The van der Waals surface area contributed by atoms with Crippen molar-refractivity contribution in [1.29, 1.82) is 0 Å². The van der Waals surface area contributed by atoms with Crippen LogP contribution in [0.25, 0.3) is 0 Å². The molecule has 2 aromatic rings. The Labute approximate surface area is 206 Å². The molecule has 2 amide bonds. The largest absolute Gasteiger partial charge is 0.379 e. The van der Waals surface area contributed by atoms with Crippen molar-refractivity contribution in [2.24, 2.45) is 5.92 Å². The molecule has 1 N–H and O–H groups in total. The molecule has 1 fully saturated rings. The predicted octanol–water partition coefficient (Wildman–Crippen LogP) is 3.76. The van der Waals surface area contributed by atoms with E-state index >= 15 is 0 Å². The van der Waals surface area contributed by atoms with Crippen LogP contribution in [0, 0.1) is 5.92 Å². The summed E-state index contributed by atoms with van der Waals surface area (Å²) in [6, 6.07) is 10.4. The summed E-state index contributed by atoms with van der Waals surface area (Å²) in [5, 5.41) is 3.01. The summed E-state index contributed by atoms with van der Waals surface area (Å²) in [5.74, 6) is -0.0634. The minimum atomic E-state index is -4.15. The quantitative estimate of drug-likeness (QED) is 0.492. The molecule has 0 spiro atoms. The fourth-order valence-corrected chi connectivity index (χ4v) is 4.69. The second-order valence-electron chi connectivity index (χ2n) is 8.69. The zero-order chi connectivity index (χ0) is 24.9. The fourth-order valence-electron chi connectivity index (χ4n) is 3.53. The maximum atomic E-state index is 13.0. The molecule has 0 bridgehead atoms. The summed E-state index contributed by atoms with van der Waals surface area (Å²) in [6.45, 7) is 2.74. The minimum Gasteiger partial charge on any atom is -0.379 e. The van der Waals surface area contributed by atoms with Gasteiger partial charge in [0.15, 0.2) is 0 Å². The highest BCUT2D eigenvalue weighted by molar-refractivity contribution is 7.87. The molecule has 0 unspecified atom stereocenters. The molecule has 0 radical (unpaired) electrons. The highest BCUT2D eigenvalue weighted by Crippen LogP contribution is 2.31. The van der Waals surface area contributed by atoms with E-state index < -0.39 is 10.1 Å². The second kappa shape index (κ2) is 11.2. The monoisotopic (exact) mass is 507 g/mol. The molecule has 1 aliphatic carbocycles. The maximum Gasteiger partial charge on any atom is 0.339 e. The average molecular weight is 508 g/mol. The molecule has 1 aliphatic rings. The lowest BCUT2D eigenvalue weighted by molar-refractivity contribution is -0.139. The Kier molecular flexibility index (Phi) is 8.57. The summed E-state index contributed by atoms with van der Waals surface area (Å²) in [7, 11) is -0.284. The number of nitrogens with zero attached hydrogens (tertiary/aromatic N) is 2. The highest BCUT2D eigenvalue weighted by Gasteiger charge is 2.30. The van der Waals surface area contributed by atoms with E-state index in [2.05, 4.69) is 5.32 Å². The number of benzene rings is 2. The third-order valence-corrected chi connectivity index (χ3v) is 7.11. The number of hydrogen-bond acceptors (Lipinski definition) is 6. The first-order chi connectivity index (χ1) is 16.0. The Morgan fingerprint density at radius 1 is 1.09 bits per heavy atom. The van der Waals surface area contributed by atoms with Gasteiger partial charge < -0.3 is 19.3 Å². The van der Waals surface area contributed by atoms with E-state index in [9.17, 15) is 18.0 Å². The average Bonchev–Trinajstić information content (AvgIpc) is 2.71. The lowest BCUT2D eigenvalue weighted by Crippen LogP contribution is -2.41. The van der Waals surface area contributed by atoms with Crippen LogP contribution in [0.2, 0.25) is 5.02 Å². The van der Waals surface area contributed by atoms with Crippen LogP contribution in [-0.4, -0.2) is 57.2 Å². The Bertz CT molecular complexity index is 1130. The SMILES string of the molecule is CC(=O)Nc1ccc(S(=O)(=O)Oc2ccc(Cl)cc2CN(CCN(C)C)C(=O)C2CCC2)cc1. The van der Waals surface area contributed by atoms with Crippen molar-refractivity contribution in [3.8, 4) is 5.75 Å². The molecule has 2 aromatic carbocycles. The summed E-state index contributed by atoms with van der Waals surface area (Å²) >= 11 is 6.20. The lowest BCUT2D eigenvalue weighted by Gasteiger charge is -2.32. The standard InChI is InChI=1S/C24H30ClN3O5S/c1-17(29)26-21-8-10-22(11-9-21)34(31,32)33-23-12-7-20(25)15-19(23)16-28(14-13-27(2)3)24(30)18-5-4-6-18/h7-12,15,18H,4-6,13-14,16H2,1-3H3,(H,26,29). The van der Waals surface area contributed by atoms with E-state index in [1.165, 1.54) is 37.3 Å². The van der Waals surface area contributed by atoms with Crippen molar-refractivity contribution >= 4 is 39.2 Å². The van der Waals surface area contributed by atoms with Gasteiger partial charge in [-0.25, -0.2) is 0 Å². The van der Waals surface area contributed by atoms with Crippen LogP contribution in [-0.2, 0) is 26.3 Å². The Hall–Kier alpha value is -2.62. The van der Waals surface area contributed by atoms with Crippen LogP contribution in [0.4, 0.5) is 5.69 Å². The summed E-state index contributed by atoms with van der Waals surface area (Å²) in [5.41, 5.74) is 0.988. The van der Waals surface area contributed by atoms with Gasteiger partial charge in [-0.2, -0.15) is 8.42 Å².